The van der Waals surface area contributed by atoms with E-state index in [2.05, 4.69) is 27.0 Å². The number of ether oxygens (including phenoxy) is 2. The molecule has 2 heterocycles. The van der Waals surface area contributed by atoms with Gasteiger partial charge in [-0.25, -0.2) is 9.97 Å². The Balaban J connectivity index is 1.52. The molecule has 0 aliphatic heterocycles. The monoisotopic (exact) mass is 431 g/mol. The van der Waals surface area contributed by atoms with Crippen LogP contribution in [0.2, 0.25) is 0 Å². The Morgan fingerprint density at radius 1 is 0.455 bits per heavy atom. The molecule has 160 valence electrons. The van der Waals surface area contributed by atoms with Crippen molar-refractivity contribution in [2.24, 2.45) is 0 Å². The van der Waals surface area contributed by atoms with Crippen molar-refractivity contribution in [3.63, 3.8) is 0 Å². The smallest absolute Gasteiger partial charge is 0.219 e. The van der Waals surface area contributed by atoms with Gasteiger partial charge >= 0.3 is 0 Å². The zero-order valence-corrected chi connectivity index (χ0v) is 17.8. The Kier molecular flexibility index (Phi) is 5.94. The number of rotatable bonds is 7. The molecule has 0 unspecified atom stereocenters. The Labute approximate surface area is 192 Å². The third kappa shape index (κ3) is 4.99. The van der Waals surface area contributed by atoms with Crippen LogP contribution in [-0.2, 0) is 0 Å². The zero-order chi connectivity index (χ0) is 22.3. The van der Waals surface area contributed by atoms with Gasteiger partial charge in [0.15, 0.2) is 0 Å². The minimum atomic E-state index is 0.548. The van der Waals surface area contributed by atoms with Gasteiger partial charge in [-0.05, 0) is 48.5 Å². The molecule has 5 nitrogen and oxygen atoms in total. The molecule has 0 aliphatic rings. The van der Waals surface area contributed by atoms with Crippen molar-refractivity contribution >= 4 is 17.1 Å². The lowest BCUT2D eigenvalue weighted by molar-refractivity contribution is 0.463. The highest BCUT2D eigenvalue weighted by atomic mass is 16.5. The molecular formula is C28H21N3O2. The average Bonchev–Trinajstić information content (AvgIpc) is 2.87. The number of nitrogens with zero attached hydrogens (tertiary/aromatic N) is 3. The molecule has 0 spiro atoms. The first kappa shape index (κ1) is 20.3. The lowest BCUT2D eigenvalue weighted by Crippen LogP contribution is -2.10. The van der Waals surface area contributed by atoms with Gasteiger partial charge in [0.05, 0.1) is 0 Å². The summed E-state index contributed by atoms with van der Waals surface area (Å²) in [5.41, 5.74) is 2.91. The van der Waals surface area contributed by atoms with E-state index in [-0.39, 0.29) is 0 Å². The quantitative estimate of drug-likeness (QED) is 0.266. The summed E-state index contributed by atoms with van der Waals surface area (Å²) < 4.78 is 11.9. The fourth-order valence-electron chi connectivity index (χ4n) is 3.45. The van der Waals surface area contributed by atoms with Gasteiger partial charge in [0.1, 0.15) is 11.5 Å². The highest BCUT2D eigenvalue weighted by Gasteiger charge is 2.14. The minimum Gasteiger partial charge on any atom is -0.439 e. The summed E-state index contributed by atoms with van der Waals surface area (Å²) in [6, 6.07) is 37.2. The molecule has 0 atom stereocenters. The maximum Gasteiger partial charge on any atom is 0.219 e. The molecule has 0 amide bonds. The van der Waals surface area contributed by atoms with Crippen molar-refractivity contribution in [1.29, 1.82) is 0 Å². The number of hydrogen-bond donors (Lipinski definition) is 0. The van der Waals surface area contributed by atoms with E-state index in [1.165, 1.54) is 0 Å². The van der Waals surface area contributed by atoms with E-state index < -0.39 is 0 Å². The molecule has 0 aliphatic carbocycles. The van der Waals surface area contributed by atoms with E-state index in [0.717, 1.165) is 17.1 Å². The third-order valence-electron chi connectivity index (χ3n) is 4.89. The van der Waals surface area contributed by atoms with Crippen molar-refractivity contribution in [2.75, 3.05) is 4.90 Å². The van der Waals surface area contributed by atoms with Crippen LogP contribution in [0.5, 0.6) is 23.3 Å². The molecule has 3 aromatic carbocycles. The minimum absolute atomic E-state index is 0.548. The molecule has 0 saturated carbocycles. The van der Waals surface area contributed by atoms with Crippen LogP contribution in [-0.4, -0.2) is 9.97 Å². The number of benzene rings is 3. The summed E-state index contributed by atoms with van der Waals surface area (Å²) in [4.78, 5) is 10.7. The zero-order valence-electron chi connectivity index (χ0n) is 17.8. The Hall–Kier alpha value is -4.64. The lowest BCUT2D eigenvalue weighted by atomic mass is 10.2. The molecule has 0 saturated heterocycles. The maximum atomic E-state index is 5.97. The second-order valence-corrected chi connectivity index (χ2v) is 7.21. The number of hydrogen-bond acceptors (Lipinski definition) is 5. The van der Waals surface area contributed by atoms with Gasteiger partial charge in [-0.15, -0.1) is 0 Å². The topological polar surface area (TPSA) is 47.5 Å². The Bertz CT molecular complexity index is 1230. The normalized spacial score (nSPS) is 10.4. The van der Waals surface area contributed by atoms with Crippen molar-refractivity contribution in [3.05, 3.63) is 128 Å². The summed E-state index contributed by atoms with van der Waals surface area (Å²) in [6.45, 7) is 0. The van der Waals surface area contributed by atoms with Crippen LogP contribution in [0.3, 0.4) is 0 Å². The predicted molar refractivity (Wildman–Crippen MR) is 130 cm³/mol. The number of anilines is 3. The maximum absolute atomic E-state index is 5.97. The Morgan fingerprint density at radius 2 is 0.939 bits per heavy atom. The lowest BCUT2D eigenvalue weighted by Gasteiger charge is -2.26. The molecular weight excluding hydrogens is 410 g/mol. The molecule has 5 heteroatoms. The van der Waals surface area contributed by atoms with E-state index in [1.54, 1.807) is 12.4 Å². The van der Waals surface area contributed by atoms with Gasteiger partial charge in [-0.2, -0.15) is 0 Å². The summed E-state index contributed by atoms with van der Waals surface area (Å²) in [5, 5.41) is 0. The van der Waals surface area contributed by atoms with E-state index in [0.29, 0.717) is 23.3 Å². The van der Waals surface area contributed by atoms with Crippen molar-refractivity contribution < 1.29 is 9.47 Å². The molecule has 5 aromatic rings. The van der Waals surface area contributed by atoms with E-state index in [1.807, 2.05) is 103 Å². The summed E-state index contributed by atoms with van der Waals surface area (Å²) in [5.74, 6) is 2.50. The van der Waals surface area contributed by atoms with Crippen LogP contribution < -0.4 is 14.4 Å². The molecule has 0 radical (unpaired) electrons. The molecule has 33 heavy (non-hydrogen) atoms. The predicted octanol–water partition coefficient (Wildman–Crippen LogP) is 7.53. The van der Waals surface area contributed by atoms with E-state index in [4.69, 9.17) is 9.47 Å². The van der Waals surface area contributed by atoms with Crippen LogP contribution in [0.4, 0.5) is 17.1 Å². The van der Waals surface area contributed by atoms with Crippen LogP contribution in [0, 0.1) is 0 Å². The van der Waals surface area contributed by atoms with Crippen LogP contribution in [0.1, 0.15) is 0 Å². The van der Waals surface area contributed by atoms with Gasteiger partial charge in [0, 0.05) is 53.7 Å². The highest BCUT2D eigenvalue weighted by molar-refractivity contribution is 5.77. The molecule has 2 aromatic heterocycles. The number of para-hydroxylation sites is 1. The van der Waals surface area contributed by atoms with Gasteiger partial charge < -0.3 is 14.4 Å². The van der Waals surface area contributed by atoms with Gasteiger partial charge in [0.2, 0.25) is 11.8 Å². The first-order valence-corrected chi connectivity index (χ1v) is 10.6. The fourth-order valence-corrected chi connectivity index (χ4v) is 3.45. The van der Waals surface area contributed by atoms with E-state index in [9.17, 15) is 0 Å². The Morgan fingerprint density at radius 3 is 1.42 bits per heavy atom. The molecule has 0 bridgehead atoms. The van der Waals surface area contributed by atoms with Crippen molar-refractivity contribution in [3.8, 4) is 23.3 Å². The number of aromatic nitrogens is 2. The van der Waals surface area contributed by atoms with Gasteiger partial charge in [-0.1, -0.05) is 42.5 Å². The number of pyridine rings is 2. The summed E-state index contributed by atoms with van der Waals surface area (Å²) >= 11 is 0. The van der Waals surface area contributed by atoms with Crippen molar-refractivity contribution in [1.82, 2.24) is 9.97 Å². The van der Waals surface area contributed by atoms with Crippen LogP contribution in [0.25, 0.3) is 0 Å². The standard InChI is InChI=1S/C28H21N3O2/c1-2-10-22(11-3-1)31(23-12-8-14-25(20-23)32-27-16-4-6-18-29-27)24-13-9-15-26(21-24)33-28-17-5-7-19-30-28/h1-21H. The SMILES string of the molecule is c1ccc(N(c2cccc(Oc3ccccn3)c2)c2cccc(Oc3ccccn3)c2)cc1. The highest BCUT2D eigenvalue weighted by Crippen LogP contribution is 2.38. The van der Waals surface area contributed by atoms with Crippen LogP contribution in [0.15, 0.2) is 128 Å². The first-order chi connectivity index (χ1) is 16.3. The van der Waals surface area contributed by atoms with Crippen molar-refractivity contribution in [2.45, 2.75) is 0 Å². The second-order valence-electron chi connectivity index (χ2n) is 7.21. The van der Waals surface area contributed by atoms with E-state index >= 15 is 0 Å². The van der Waals surface area contributed by atoms with Crippen LogP contribution >= 0.6 is 0 Å². The molecule has 0 N–H and O–H groups in total. The summed E-state index contributed by atoms with van der Waals surface area (Å²) in [7, 11) is 0. The third-order valence-corrected chi connectivity index (χ3v) is 4.89. The average molecular weight is 431 g/mol. The second kappa shape index (κ2) is 9.66. The first-order valence-electron chi connectivity index (χ1n) is 10.6. The van der Waals surface area contributed by atoms with Gasteiger partial charge in [0.25, 0.3) is 0 Å². The fraction of sp³-hybridized carbons (Fsp3) is 0. The molecule has 0 fully saturated rings. The van der Waals surface area contributed by atoms with Gasteiger partial charge in [-0.3, -0.25) is 0 Å². The largest absolute Gasteiger partial charge is 0.439 e. The molecule has 5 rings (SSSR count). The summed E-state index contributed by atoms with van der Waals surface area (Å²) in [6.07, 6.45) is 3.42.